The van der Waals surface area contributed by atoms with Gasteiger partial charge >= 0.3 is 0 Å². The number of methoxy groups -OCH3 is 2. The molecule has 0 saturated carbocycles. The Morgan fingerprint density at radius 3 is 2.76 bits per heavy atom. The Balaban J connectivity index is 1.74. The molecule has 2 aromatic rings. The third-order valence-corrected chi connectivity index (χ3v) is 7.11. The molecule has 3 rings (SSSR count). The van der Waals surface area contributed by atoms with Gasteiger partial charge in [0.15, 0.2) is 9.84 Å². The minimum absolute atomic E-state index is 0.0747. The first-order valence-corrected chi connectivity index (χ1v) is 10.7. The Morgan fingerprint density at radius 1 is 1.32 bits per heavy atom. The summed E-state index contributed by atoms with van der Waals surface area (Å²) in [5, 5.41) is 2.89. The van der Waals surface area contributed by atoms with Crippen molar-refractivity contribution in [2.45, 2.75) is 19.0 Å². The molecule has 25 heavy (non-hydrogen) atoms. The predicted octanol–water partition coefficient (Wildman–Crippen LogP) is 2.45. The molecule has 1 aromatic heterocycles. The number of nitrogens with zero attached hydrogens (tertiary/aromatic N) is 2. The van der Waals surface area contributed by atoms with Crippen LogP contribution in [-0.4, -0.2) is 57.1 Å². The Kier molecular flexibility index (Phi) is 5.31. The highest BCUT2D eigenvalue weighted by atomic mass is 32.2. The van der Waals surface area contributed by atoms with Crippen molar-refractivity contribution in [1.29, 1.82) is 0 Å². The first-order chi connectivity index (χ1) is 11.9. The van der Waals surface area contributed by atoms with Crippen LogP contribution in [0.5, 0.6) is 11.5 Å². The van der Waals surface area contributed by atoms with Crippen molar-refractivity contribution in [3.8, 4) is 22.1 Å². The lowest BCUT2D eigenvalue weighted by Crippen LogP contribution is -2.32. The van der Waals surface area contributed by atoms with Gasteiger partial charge in [-0.15, -0.1) is 11.3 Å². The first kappa shape index (κ1) is 18.2. The second-order valence-electron chi connectivity index (χ2n) is 6.18. The molecule has 0 spiro atoms. The lowest BCUT2D eigenvalue weighted by Gasteiger charge is -2.21. The summed E-state index contributed by atoms with van der Waals surface area (Å²) < 4.78 is 34.0. The number of ether oxygens (including phenoxy) is 2. The summed E-state index contributed by atoms with van der Waals surface area (Å²) in [7, 11) is 2.33. The summed E-state index contributed by atoms with van der Waals surface area (Å²) in [4.78, 5) is 6.78. The highest BCUT2D eigenvalue weighted by molar-refractivity contribution is 7.91. The quantitative estimate of drug-likeness (QED) is 0.764. The molecule has 1 saturated heterocycles. The monoisotopic (exact) mass is 382 g/mol. The Bertz CT molecular complexity index is 848. The van der Waals surface area contributed by atoms with Crippen LogP contribution in [0, 0.1) is 0 Å². The van der Waals surface area contributed by atoms with Gasteiger partial charge in [-0.1, -0.05) is 0 Å². The Hall–Kier alpha value is -1.64. The molecule has 6 nitrogen and oxygen atoms in total. The van der Waals surface area contributed by atoms with Crippen molar-refractivity contribution in [2.24, 2.45) is 0 Å². The minimum atomic E-state index is -2.87. The number of sulfone groups is 1. The summed E-state index contributed by atoms with van der Waals surface area (Å²) >= 11 is 1.55. The number of rotatable bonds is 6. The maximum atomic E-state index is 11.6. The topological polar surface area (TPSA) is 68.7 Å². The number of hydrogen-bond donors (Lipinski definition) is 0. The van der Waals surface area contributed by atoms with Gasteiger partial charge in [0.1, 0.15) is 16.5 Å². The fourth-order valence-electron chi connectivity index (χ4n) is 2.99. The number of aromatic nitrogens is 1. The number of benzene rings is 1. The van der Waals surface area contributed by atoms with E-state index in [1.807, 2.05) is 30.6 Å². The molecule has 1 aliphatic heterocycles. The van der Waals surface area contributed by atoms with Crippen molar-refractivity contribution in [3.63, 3.8) is 0 Å². The van der Waals surface area contributed by atoms with E-state index in [0.29, 0.717) is 13.0 Å². The van der Waals surface area contributed by atoms with Crippen LogP contribution in [0.3, 0.4) is 0 Å². The standard InChI is InChI=1S/C17H22N2O4S2/c1-19(13-6-7-25(20,21)11-13)9-12-10-24-17(18-12)15-5-4-14(22-2)8-16(15)23-3/h4-5,8,10,13H,6-7,9,11H2,1-3H3. The maximum absolute atomic E-state index is 11.6. The van der Waals surface area contributed by atoms with Crippen LogP contribution in [0.1, 0.15) is 12.1 Å². The molecule has 136 valence electrons. The lowest BCUT2D eigenvalue weighted by molar-refractivity contribution is 0.251. The second kappa shape index (κ2) is 7.31. The molecular formula is C17H22N2O4S2. The van der Waals surface area contributed by atoms with Crippen LogP contribution in [-0.2, 0) is 16.4 Å². The summed E-state index contributed by atoms with van der Waals surface area (Å²) in [6.45, 7) is 0.634. The molecule has 8 heteroatoms. The van der Waals surface area contributed by atoms with Crippen molar-refractivity contribution >= 4 is 21.2 Å². The van der Waals surface area contributed by atoms with Crippen LogP contribution in [0.4, 0.5) is 0 Å². The highest BCUT2D eigenvalue weighted by Crippen LogP contribution is 2.35. The molecule has 1 aromatic carbocycles. The van der Waals surface area contributed by atoms with Gasteiger partial charge in [0.2, 0.25) is 0 Å². The van der Waals surface area contributed by atoms with E-state index >= 15 is 0 Å². The zero-order valence-electron chi connectivity index (χ0n) is 14.6. The highest BCUT2D eigenvalue weighted by Gasteiger charge is 2.30. The fourth-order valence-corrected chi connectivity index (χ4v) is 5.63. The number of thiazole rings is 1. The SMILES string of the molecule is COc1ccc(-c2nc(CN(C)C3CCS(=O)(=O)C3)cs2)c(OC)c1. The fraction of sp³-hybridized carbons (Fsp3) is 0.471. The van der Waals surface area contributed by atoms with Gasteiger partial charge in [-0.2, -0.15) is 0 Å². The summed E-state index contributed by atoms with van der Waals surface area (Å²) in [5.74, 6) is 1.98. The first-order valence-electron chi connectivity index (χ1n) is 7.99. The van der Waals surface area contributed by atoms with Crippen molar-refractivity contribution < 1.29 is 17.9 Å². The van der Waals surface area contributed by atoms with E-state index < -0.39 is 9.84 Å². The molecule has 0 N–H and O–H groups in total. The molecule has 0 amide bonds. The van der Waals surface area contributed by atoms with Crippen LogP contribution in [0.2, 0.25) is 0 Å². The van der Waals surface area contributed by atoms with Crippen LogP contribution < -0.4 is 9.47 Å². The second-order valence-corrected chi connectivity index (χ2v) is 9.27. The third kappa shape index (κ3) is 4.13. The Labute approximate surface area is 152 Å². The van der Waals surface area contributed by atoms with Crippen molar-refractivity contribution in [3.05, 3.63) is 29.3 Å². The van der Waals surface area contributed by atoms with Gasteiger partial charge in [0.25, 0.3) is 0 Å². The van der Waals surface area contributed by atoms with Gasteiger partial charge < -0.3 is 9.47 Å². The largest absolute Gasteiger partial charge is 0.497 e. The van der Waals surface area contributed by atoms with Gasteiger partial charge in [-0.3, -0.25) is 4.90 Å². The molecule has 1 atom stereocenters. The van der Waals surface area contributed by atoms with E-state index in [0.717, 1.165) is 27.8 Å². The predicted molar refractivity (Wildman–Crippen MR) is 99.2 cm³/mol. The molecule has 0 bridgehead atoms. The zero-order valence-corrected chi connectivity index (χ0v) is 16.2. The molecule has 1 aliphatic rings. The average Bonchev–Trinajstić information content (AvgIpc) is 3.20. The van der Waals surface area contributed by atoms with Crippen LogP contribution >= 0.6 is 11.3 Å². The van der Waals surface area contributed by atoms with E-state index in [1.165, 1.54) is 0 Å². The molecule has 1 fully saturated rings. The normalized spacial score (nSPS) is 19.3. The smallest absolute Gasteiger partial charge is 0.151 e. The average molecular weight is 383 g/mol. The van der Waals surface area contributed by atoms with Crippen LogP contribution in [0.15, 0.2) is 23.6 Å². The van der Waals surface area contributed by atoms with Crippen LogP contribution in [0.25, 0.3) is 10.6 Å². The van der Waals surface area contributed by atoms with Gasteiger partial charge in [0.05, 0.1) is 37.0 Å². The maximum Gasteiger partial charge on any atom is 0.151 e. The van der Waals surface area contributed by atoms with E-state index in [9.17, 15) is 8.42 Å². The lowest BCUT2D eigenvalue weighted by atomic mass is 10.2. The molecule has 0 aliphatic carbocycles. The summed E-state index contributed by atoms with van der Waals surface area (Å²) in [6.07, 6.45) is 0.697. The summed E-state index contributed by atoms with van der Waals surface area (Å²) in [6, 6.07) is 5.74. The van der Waals surface area contributed by atoms with Crippen molar-refractivity contribution in [1.82, 2.24) is 9.88 Å². The Morgan fingerprint density at radius 2 is 2.12 bits per heavy atom. The third-order valence-electron chi connectivity index (χ3n) is 4.43. The van der Waals surface area contributed by atoms with E-state index in [4.69, 9.17) is 14.5 Å². The van der Waals surface area contributed by atoms with Gasteiger partial charge in [0, 0.05) is 24.0 Å². The van der Waals surface area contributed by atoms with E-state index in [-0.39, 0.29) is 17.5 Å². The number of hydrogen-bond acceptors (Lipinski definition) is 7. The molecule has 1 unspecified atom stereocenters. The van der Waals surface area contributed by atoms with Gasteiger partial charge in [-0.25, -0.2) is 13.4 Å². The molecule has 0 radical (unpaired) electrons. The van der Waals surface area contributed by atoms with Crippen molar-refractivity contribution in [2.75, 3.05) is 32.8 Å². The zero-order chi connectivity index (χ0) is 18.0. The van der Waals surface area contributed by atoms with E-state index in [1.54, 1.807) is 25.6 Å². The molecule has 2 heterocycles. The minimum Gasteiger partial charge on any atom is -0.497 e. The summed E-state index contributed by atoms with van der Waals surface area (Å²) in [5.41, 5.74) is 1.86. The van der Waals surface area contributed by atoms with E-state index in [2.05, 4.69) is 4.90 Å². The molecular weight excluding hydrogens is 360 g/mol. The van der Waals surface area contributed by atoms with Gasteiger partial charge in [-0.05, 0) is 25.6 Å².